The van der Waals surface area contributed by atoms with Crippen LogP contribution in [0.3, 0.4) is 0 Å². The number of hydrogen-bond donors (Lipinski definition) is 3. The molecule has 0 saturated heterocycles. The molecule has 0 saturated carbocycles. The van der Waals surface area contributed by atoms with Gasteiger partial charge in [-0.05, 0) is 53.6 Å². The molecule has 7 nitrogen and oxygen atoms in total. The van der Waals surface area contributed by atoms with Gasteiger partial charge in [-0.2, -0.15) is 0 Å². The van der Waals surface area contributed by atoms with E-state index < -0.39 is 17.9 Å². The third kappa shape index (κ3) is 3.99. The van der Waals surface area contributed by atoms with Crippen molar-refractivity contribution in [2.75, 3.05) is 0 Å². The number of aromatic hydroxyl groups is 2. The van der Waals surface area contributed by atoms with Crippen LogP contribution < -0.4 is 0 Å². The van der Waals surface area contributed by atoms with E-state index in [0.717, 1.165) is 17.2 Å². The maximum Gasteiger partial charge on any atom is 0.346 e. The number of carboxylic acid groups (broad SMARTS) is 1. The van der Waals surface area contributed by atoms with Crippen molar-refractivity contribution < 1.29 is 34.4 Å². The number of benzene rings is 3. The Labute approximate surface area is 159 Å². The number of ether oxygens (including phenoxy) is 1. The molecule has 1 aliphatic heterocycles. The molecule has 4 rings (SSSR count). The molecule has 0 radical (unpaired) electrons. The summed E-state index contributed by atoms with van der Waals surface area (Å²) in [6, 6.07) is 17.6. The number of hydrogen-bond acceptors (Lipinski definition) is 6. The van der Waals surface area contributed by atoms with E-state index in [0.29, 0.717) is 0 Å². The van der Waals surface area contributed by atoms with Gasteiger partial charge >= 0.3 is 17.9 Å². The smallest absolute Gasteiger partial charge is 0.346 e. The molecular formula is C21H14O7. The van der Waals surface area contributed by atoms with E-state index in [2.05, 4.69) is 4.74 Å². The lowest BCUT2D eigenvalue weighted by Gasteiger charge is -2.01. The van der Waals surface area contributed by atoms with Crippen molar-refractivity contribution in [1.29, 1.82) is 0 Å². The summed E-state index contributed by atoms with van der Waals surface area (Å²) in [5, 5.41) is 26.8. The molecule has 0 spiro atoms. The van der Waals surface area contributed by atoms with Crippen molar-refractivity contribution in [1.82, 2.24) is 0 Å². The van der Waals surface area contributed by atoms with Crippen LogP contribution in [0, 0.1) is 0 Å². The Morgan fingerprint density at radius 1 is 0.679 bits per heavy atom. The zero-order chi connectivity index (χ0) is 20.3. The van der Waals surface area contributed by atoms with Crippen LogP contribution in [-0.4, -0.2) is 33.2 Å². The number of carbonyl (C=O) groups excluding carboxylic acids is 2. The number of cyclic esters (lactones) is 2. The molecule has 0 fully saturated rings. The first-order chi connectivity index (χ1) is 13.3. The second-order valence-corrected chi connectivity index (χ2v) is 5.84. The number of esters is 2. The lowest BCUT2D eigenvalue weighted by molar-refractivity contribution is 0.0443. The maximum atomic E-state index is 11.0. The van der Waals surface area contributed by atoms with E-state index >= 15 is 0 Å². The molecule has 3 aromatic rings. The van der Waals surface area contributed by atoms with Crippen LogP contribution in [0.15, 0.2) is 66.7 Å². The first-order valence-corrected chi connectivity index (χ1v) is 8.07. The first-order valence-electron chi connectivity index (χ1n) is 8.07. The van der Waals surface area contributed by atoms with Crippen molar-refractivity contribution in [2.24, 2.45) is 0 Å². The summed E-state index contributed by atoms with van der Waals surface area (Å²) in [7, 11) is 0. The Bertz CT molecular complexity index is 1010. The molecule has 1 aliphatic rings. The van der Waals surface area contributed by atoms with Crippen molar-refractivity contribution in [3.63, 3.8) is 0 Å². The minimum Gasteiger partial charge on any atom is -0.508 e. The number of fused-ring (bicyclic) bond motifs is 1. The first kappa shape index (κ1) is 18.7. The summed E-state index contributed by atoms with van der Waals surface area (Å²) in [4.78, 5) is 32.5. The number of rotatable bonds is 2. The molecular weight excluding hydrogens is 364 g/mol. The van der Waals surface area contributed by atoms with Gasteiger partial charge in [0.15, 0.2) is 0 Å². The summed E-state index contributed by atoms with van der Waals surface area (Å²) in [6.07, 6.45) is 0. The highest BCUT2D eigenvalue weighted by Crippen LogP contribution is 2.23. The predicted molar refractivity (Wildman–Crippen MR) is 98.4 cm³/mol. The highest BCUT2D eigenvalue weighted by molar-refractivity contribution is 6.15. The molecule has 28 heavy (non-hydrogen) atoms. The van der Waals surface area contributed by atoms with E-state index in [1.165, 1.54) is 12.1 Å². The van der Waals surface area contributed by atoms with Crippen LogP contribution >= 0.6 is 0 Å². The zero-order valence-corrected chi connectivity index (χ0v) is 14.3. The second kappa shape index (κ2) is 7.63. The van der Waals surface area contributed by atoms with Crippen molar-refractivity contribution in [3.8, 4) is 22.6 Å². The lowest BCUT2D eigenvalue weighted by atomic mass is 10.1. The molecule has 0 aliphatic carbocycles. The van der Waals surface area contributed by atoms with Crippen LogP contribution in [0.5, 0.6) is 11.5 Å². The van der Waals surface area contributed by atoms with Gasteiger partial charge in [-0.25, -0.2) is 14.4 Å². The molecule has 0 atom stereocenters. The van der Waals surface area contributed by atoms with Crippen LogP contribution in [0.1, 0.15) is 31.1 Å². The minimum atomic E-state index is -1.15. The number of carboxylic acids is 1. The molecule has 0 aromatic heterocycles. The summed E-state index contributed by atoms with van der Waals surface area (Å²) in [5.41, 5.74) is 2.11. The normalized spacial score (nSPS) is 11.9. The number of aromatic carboxylic acids is 1. The van der Waals surface area contributed by atoms with Crippen molar-refractivity contribution in [3.05, 3.63) is 83.4 Å². The largest absolute Gasteiger partial charge is 0.508 e. The van der Waals surface area contributed by atoms with E-state index in [4.69, 9.17) is 15.3 Å². The van der Waals surface area contributed by atoms with Gasteiger partial charge in [0, 0.05) is 0 Å². The molecule has 0 bridgehead atoms. The number of carbonyl (C=O) groups is 3. The van der Waals surface area contributed by atoms with Crippen LogP contribution in [-0.2, 0) is 4.74 Å². The van der Waals surface area contributed by atoms with Crippen LogP contribution in [0.25, 0.3) is 11.1 Å². The molecule has 7 heteroatoms. The molecule has 3 aromatic carbocycles. The highest BCUT2D eigenvalue weighted by atomic mass is 16.6. The fraction of sp³-hybridized carbons (Fsp3) is 0. The van der Waals surface area contributed by atoms with Gasteiger partial charge in [-0.3, -0.25) is 0 Å². The lowest BCUT2D eigenvalue weighted by Crippen LogP contribution is -2.00. The van der Waals surface area contributed by atoms with Gasteiger partial charge in [0.25, 0.3) is 0 Å². The summed E-state index contributed by atoms with van der Waals surface area (Å²) in [5.74, 6) is -2.17. The Morgan fingerprint density at radius 3 is 1.61 bits per heavy atom. The highest BCUT2D eigenvalue weighted by Gasteiger charge is 2.30. The van der Waals surface area contributed by atoms with Crippen LogP contribution in [0.2, 0.25) is 0 Å². The standard InChI is InChI=1S/C12H10O2.C9H4O5/c13-11-5-1-9(2-6-11)10-3-7-12(14)8-4-10;10-7(11)4-1-2-5-6(3-4)9(13)14-8(5)12/h1-8,13-14H;1-3H,(H,10,11). The Morgan fingerprint density at radius 2 is 1.14 bits per heavy atom. The quantitative estimate of drug-likeness (QED) is 0.461. The summed E-state index contributed by atoms with van der Waals surface area (Å²) < 4.78 is 4.30. The summed E-state index contributed by atoms with van der Waals surface area (Å²) in [6.45, 7) is 0. The average molecular weight is 378 g/mol. The minimum absolute atomic E-state index is 0.00917. The molecule has 3 N–H and O–H groups in total. The van der Waals surface area contributed by atoms with Crippen molar-refractivity contribution >= 4 is 17.9 Å². The van der Waals surface area contributed by atoms with Gasteiger partial charge in [0.05, 0.1) is 16.7 Å². The Kier molecular flexibility index (Phi) is 5.08. The SMILES string of the molecule is O=C(O)c1ccc2c(c1)C(=O)OC2=O.Oc1ccc(-c2ccc(O)cc2)cc1. The number of phenolic OH excluding ortho intramolecular Hbond substituents is 2. The second-order valence-electron chi connectivity index (χ2n) is 5.84. The average Bonchev–Trinajstić information content (AvgIpc) is 2.97. The maximum absolute atomic E-state index is 11.0. The van der Waals surface area contributed by atoms with Gasteiger partial charge in [0.1, 0.15) is 11.5 Å². The van der Waals surface area contributed by atoms with Gasteiger partial charge in [-0.15, -0.1) is 0 Å². The fourth-order valence-electron chi connectivity index (χ4n) is 2.53. The third-order valence-corrected chi connectivity index (χ3v) is 3.96. The van der Waals surface area contributed by atoms with E-state index in [-0.39, 0.29) is 28.2 Å². The van der Waals surface area contributed by atoms with Gasteiger partial charge in [0.2, 0.25) is 0 Å². The van der Waals surface area contributed by atoms with E-state index in [1.807, 2.05) is 24.3 Å². The fourth-order valence-corrected chi connectivity index (χ4v) is 2.53. The molecule has 1 heterocycles. The van der Waals surface area contributed by atoms with Gasteiger partial charge < -0.3 is 20.1 Å². The molecule has 0 amide bonds. The number of phenols is 2. The van der Waals surface area contributed by atoms with E-state index in [9.17, 15) is 14.4 Å². The third-order valence-electron chi connectivity index (χ3n) is 3.96. The topological polar surface area (TPSA) is 121 Å². The Hall–Kier alpha value is -4.13. The van der Waals surface area contributed by atoms with Crippen molar-refractivity contribution in [2.45, 2.75) is 0 Å². The molecule has 0 unspecified atom stereocenters. The molecule has 140 valence electrons. The monoisotopic (exact) mass is 378 g/mol. The van der Waals surface area contributed by atoms with Crippen LogP contribution in [0.4, 0.5) is 0 Å². The summed E-state index contributed by atoms with van der Waals surface area (Å²) >= 11 is 0. The van der Waals surface area contributed by atoms with E-state index in [1.54, 1.807) is 24.3 Å². The predicted octanol–water partition coefficient (Wildman–Crippen LogP) is 3.46. The van der Waals surface area contributed by atoms with Gasteiger partial charge in [-0.1, -0.05) is 24.3 Å². The Balaban J connectivity index is 0.000000161. The zero-order valence-electron chi connectivity index (χ0n) is 14.3.